The van der Waals surface area contributed by atoms with Gasteiger partial charge in [-0.05, 0) is 123 Å². The summed E-state index contributed by atoms with van der Waals surface area (Å²) in [7, 11) is 0. The molecule has 8 aromatic carbocycles. The second kappa shape index (κ2) is 28.1. The lowest BCUT2D eigenvalue weighted by Gasteiger charge is -2.34. The van der Waals surface area contributed by atoms with Gasteiger partial charge in [0.15, 0.2) is 0 Å². The van der Waals surface area contributed by atoms with Gasteiger partial charge in [-0.2, -0.15) is 21.0 Å². The summed E-state index contributed by atoms with van der Waals surface area (Å²) in [6.07, 6.45) is 0. The van der Waals surface area contributed by atoms with Crippen molar-refractivity contribution in [1.29, 1.82) is 21.0 Å². The normalized spacial score (nSPS) is 14.3. The molecule has 0 saturated carbocycles. The van der Waals surface area contributed by atoms with Gasteiger partial charge in [-0.25, -0.2) is 0 Å². The molecule has 1 aliphatic carbocycles. The Balaban J connectivity index is 1.73. The highest BCUT2D eigenvalue weighted by Gasteiger charge is 2.41. The molecule has 0 spiro atoms. The van der Waals surface area contributed by atoms with Gasteiger partial charge < -0.3 is 37.9 Å². The smallest absolute Gasteiger partial charge is 0.308 e. The van der Waals surface area contributed by atoms with Crippen molar-refractivity contribution in [2.24, 2.45) is 0 Å². The first kappa shape index (κ1) is 67.9. The molecule has 96 heavy (non-hydrogen) atoms. The van der Waals surface area contributed by atoms with Gasteiger partial charge in [-0.3, -0.25) is 38.4 Å². The van der Waals surface area contributed by atoms with Crippen molar-refractivity contribution in [1.82, 2.24) is 0 Å². The first-order valence-electron chi connectivity index (χ1n) is 29.9. The summed E-state index contributed by atoms with van der Waals surface area (Å²) in [5, 5.41) is 41.2. The van der Waals surface area contributed by atoms with Crippen LogP contribution >= 0.6 is 0 Å². The number of carbonyl (C=O) groups excluding carboxylic acids is 8. The lowest BCUT2D eigenvalue weighted by molar-refractivity contribution is -0.133. The highest BCUT2D eigenvalue weighted by molar-refractivity contribution is 5.83. The van der Waals surface area contributed by atoms with Crippen LogP contribution < -0.4 is 37.9 Å². The van der Waals surface area contributed by atoms with Crippen molar-refractivity contribution in [2.75, 3.05) is 0 Å². The third-order valence-electron chi connectivity index (χ3n) is 16.0. The molecule has 0 radical (unpaired) electrons. The largest absolute Gasteiger partial charge is 0.426 e. The molecule has 0 saturated heterocycles. The lowest BCUT2D eigenvalue weighted by atomic mass is 9.73. The van der Waals surface area contributed by atoms with Crippen LogP contribution in [0, 0.1) is 73.0 Å². The molecule has 0 fully saturated rings. The average molecular weight is 1290 g/mol. The van der Waals surface area contributed by atoms with Crippen LogP contribution in [0.5, 0.6) is 46.0 Å². The number of nitrogens with zero attached hydrogens (tertiary/aromatic N) is 4. The Morgan fingerprint density at radius 1 is 0.250 bits per heavy atom. The number of hydrogen-bond acceptors (Lipinski definition) is 20. The van der Waals surface area contributed by atoms with Crippen molar-refractivity contribution in [3.63, 3.8) is 0 Å². The van der Waals surface area contributed by atoms with Crippen LogP contribution in [0.15, 0.2) is 121 Å². The minimum absolute atomic E-state index is 0.0183. The third kappa shape index (κ3) is 13.8. The van der Waals surface area contributed by atoms with Gasteiger partial charge in [0.2, 0.25) is 0 Å². The molecule has 20 heteroatoms. The fourth-order valence-electron chi connectivity index (χ4n) is 12.4. The van der Waals surface area contributed by atoms with Crippen molar-refractivity contribution in [3.8, 4) is 70.3 Å². The second-order valence-electron chi connectivity index (χ2n) is 22.8. The highest BCUT2D eigenvalue weighted by atomic mass is 16.6. The molecular formula is C76H60N4O16. The van der Waals surface area contributed by atoms with E-state index in [1.807, 2.05) is 0 Å². The molecule has 0 aliphatic heterocycles. The summed E-state index contributed by atoms with van der Waals surface area (Å²) in [4.78, 5) is 111. The standard InChI is InChI=1S/C76H60N4O16/c1-37-69(89-41(5)81)57-29-58(70(37)90-42(6)82)66(54-23-15-50(34-78)16-24-54)60-31-62(74(94-46(10)86)39(3)72(60)92-44(8)84)68(56-27-19-52(36-80)20-28-56)64-32-63(75(95-47(11)87)40(4)76(64)96-48(12)88)67(55-25-17-51(35-79)18-26-55)61-30-59(65(57)53-21-13-49(33-77)14-22-53)71(91-43(7)83)38(2)73(61)93-45(9)85/h13-32,65-68H,1-12H3. The topological polar surface area (TPSA) is 306 Å². The molecule has 0 atom stereocenters. The van der Waals surface area contributed by atoms with E-state index in [0.29, 0.717) is 22.3 Å². The van der Waals surface area contributed by atoms with Crippen molar-refractivity contribution < 1.29 is 76.3 Å². The quantitative estimate of drug-likeness (QED) is 0.0810. The van der Waals surface area contributed by atoms with Gasteiger partial charge in [0.25, 0.3) is 0 Å². The molecule has 480 valence electrons. The Morgan fingerprint density at radius 3 is 0.479 bits per heavy atom. The summed E-state index contributed by atoms with van der Waals surface area (Å²) >= 11 is 0. The van der Waals surface area contributed by atoms with E-state index in [9.17, 15) is 59.4 Å². The second-order valence-corrected chi connectivity index (χ2v) is 22.8. The summed E-state index contributed by atoms with van der Waals surface area (Å²) in [5.41, 5.74) is 2.90. The minimum atomic E-state index is -1.38. The monoisotopic (exact) mass is 1280 g/mol. The summed E-state index contributed by atoms with van der Waals surface area (Å²) in [6.45, 7) is 15.3. The van der Waals surface area contributed by atoms with Crippen LogP contribution in [-0.4, -0.2) is 47.8 Å². The first-order valence-corrected chi connectivity index (χ1v) is 29.9. The minimum Gasteiger partial charge on any atom is -0.426 e. The summed E-state index contributed by atoms with van der Waals surface area (Å²) < 4.78 is 50.6. The number of ether oxygens (including phenoxy) is 8. The third-order valence-corrected chi connectivity index (χ3v) is 16.0. The van der Waals surface area contributed by atoms with Crippen LogP contribution in [0.3, 0.4) is 0 Å². The van der Waals surface area contributed by atoms with Crippen molar-refractivity contribution >= 4 is 47.8 Å². The Morgan fingerprint density at radius 2 is 0.375 bits per heavy atom. The molecule has 8 aromatic rings. The Kier molecular flexibility index (Phi) is 19.9. The number of rotatable bonds is 12. The van der Waals surface area contributed by atoms with Gasteiger partial charge in [-0.1, -0.05) is 48.5 Å². The van der Waals surface area contributed by atoms with Gasteiger partial charge in [0.1, 0.15) is 46.0 Å². The number of esters is 8. The molecule has 20 nitrogen and oxygen atoms in total. The molecule has 9 rings (SSSR count). The molecule has 8 bridgehead atoms. The van der Waals surface area contributed by atoms with E-state index >= 15 is 0 Å². The number of carbonyl (C=O) groups is 8. The fraction of sp³-hybridized carbons (Fsp3) is 0.211. The van der Waals surface area contributed by atoms with Gasteiger partial charge in [0.05, 0.1) is 46.5 Å². The Labute approximate surface area is 552 Å². The van der Waals surface area contributed by atoms with E-state index in [1.165, 1.54) is 76.2 Å². The molecule has 0 unspecified atom stereocenters. The van der Waals surface area contributed by atoms with Crippen LogP contribution in [-0.2, 0) is 38.4 Å². The van der Waals surface area contributed by atoms with Crippen molar-refractivity contribution in [2.45, 2.75) is 107 Å². The summed E-state index contributed by atoms with van der Waals surface area (Å²) in [5.74, 6) is -13.9. The number of fused-ring (bicyclic) bond motifs is 8. The molecule has 0 N–H and O–H groups in total. The van der Waals surface area contributed by atoms with E-state index in [1.54, 1.807) is 72.8 Å². The van der Waals surface area contributed by atoms with Gasteiger partial charge >= 0.3 is 47.8 Å². The number of nitriles is 4. The Bertz CT molecular complexity index is 4000. The van der Waals surface area contributed by atoms with E-state index in [-0.39, 0.29) is 135 Å². The maximum atomic E-state index is 13.9. The van der Waals surface area contributed by atoms with E-state index in [0.717, 1.165) is 55.4 Å². The predicted molar refractivity (Wildman–Crippen MR) is 344 cm³/mol. The lowest BCUT2D eigenvalue weighted by Crippen LogP contribution is -2.21. The van der Waals surface area contributed by atoms with E-state index in [2.05, 4.69) is 24.3 Å². The van der Waals surface area contributed by atoms with E-state index in [4.69, 9.17) is 37.9 Å². The zero-order valence-corrected chi connectivity index (χ0v) is 54.2. The maximum absolute atomic E-state index is 13.9. The fourth-order valence-corrected chi connectivity index (χ4v) is 12.4. The molecular weight excluding hydrogens is 1220 g/mol. The van der Waals surface area contributed by atoms with Crippen LogP contribution in [0.4, 0.5) is 0 Å². The summed E-state index contributed by atoms with van der Waals surface area (Å²) in [6, 6.07) is 40.0. The van der Waals surface area contributed by atoms with Crippen LogP contribution in [0.1, 0.15) is 190 Å². The van der Waals surface area contributed by atoms with Crippen LogP contribution in [0.2, 0.25) is 0 Å². The maximum Gasteiger partial charge on any atom is 0.308 e. The molecule has 0 aromatic heterocycles. The Hall–Kier alpha value is -12.5. The SMILES string of the molecule is CC(=O)Oc1c2cc(c(OC(C)=O)c1C)C(c1ccc(C#N)cc1)c1cc(c(OC(C)=O)c(C)c1OC(C)=O)C(c1ccc(C#N)cc1)c1cc(c(OC(C)=O)c(C)c1OC(C)=O)C(c1ccc(C#N)cc1)c1cc(c(OC(C)=O)c(C)c1OC(C)=O)C2c1ccc(C#N)cc1. The predicted octanol–water partition coefficient (Wildman–Crippen LogP) is 12.8. The van der Waals surface area contributed by atoms with Gasteiger partial charge in [-0.15, -0.1) is 0 Å². The van der Waals surface area contributed by atoms with Gasteiger partial charge in [0, 0.05) is 146 Å². The molecule has 0 heterocycles. The number of benzene rings is 8. The zero-order chi connectivity index (χ0) is 69.7. The van der Waals surface area contributed by atoms with E-state index < -0.39 is 71.4 Å². The average Bonchev–Trinajstić information content (AvgIpc) is 0.726. The molecule has 0 amide bonds. The number of hydrogen-bond donors (Lipinski definition) is 0. The first-order chi connectivity index (χ1) is 45.7. The van der Waals surface area contributed by atoms with Crippen molar-refractivity contribution in [3.05, 3.63) is 233 Å². The highest BCUT2D eigenvalue weighted by Crippen LogP contribution is 2.58. The molecule has 1 aliphatic rings. The van der Waals surface area contributed by atoms with Crippen LogP contribution in [0.25, 0.3) is 0 Å². The zero-order valence-electron chi connectivity index (χ0n) is 54.2.